The quantitative estimate of drug-likeness (QED) is 0.624. The van der Waals surface area contributed by atoms with Crippen LogP contribution in [-0.4, -0.2) is 41.6 Å². The molecule has 2 rings (SSSR count). The fourth-order valence-electron chi connectivity index (χ4n) is 1.66. The van der Waals surface area contributed by atoms with Gasteiger partial charge in [0, 0.05) is 0 Å². The SMILES string of the molecule is COc1ccc(/C=N\n2c(C)nnc2SC)cc1OC. The van der Waals surface area contributed by atoms with E-state index in [0.717, 1.165) is 16.5 Å². The molecule has 0 spiro atoms. The Bertz CT molecular complexity index is 625. The second-order valence-corrected chi connectivity index (χ2v) is 4.68. The predicted octanol–water partition coefficient (Wildman–Crippen LogP) is 2.21. The number of aromatic nitrogens is 3. The standard InChI is InChI=1S/C13H16N4O2S/c1-9-15-16-13(20-4)17(9)14-8-10-5-6-11(18-2)12(7-10)19-3/h5-8H,1-4H3/b14-8-. The van der Waals surface area contributed by atoms with E-state index in [9.17, 15) is 0 Å². The average molecular weight is 292 g/mol. The molecule has 1 aromatic heterocycles. The normalized spacial score (nSPS) is 11.0. The fraction of sp³-hybridized carbons (Fsp3) is 0.308. The highest BCUT2D eigenvalue weighted by Crippen LogP contribution is 2.26. The molecule has 0 fully saturated rings. The van der Waals surface area contributed by atoms with Crippen LogP contribution in [0.25, 0.3) is 0 Å². The van der Waals surface area contributed by atoms with Crippen molar-refractivity contribution < 1.29 is 9.47 Å². The molecule has 0 amide bonds. The van der Waals surface area contributed by atoms with E-state index >= 15 is 0 Å². The van der Waals surface area contributed by atoms with Crippen LogP contribution in [0, 0.1) is 6.92 Å². The third-order valence-electron chi connectivity index (χ3n) is 2.68. The maximum Gasteiger partial charge on any atom is 0.211 e. The van der Waals surface area contributed by atoms with Gasteiger partial charge >= 0.3 is 0 Å². The molecule has 0 bridgehead atoms. The molecule has 6 nitrogen and oxygen atoms in total. The Hall–Kier alpha value is -2.02. The lowest BCUT2D eigenvalue weighted by atomic mass is 10.2. The van der Waals surface area contributed by atoms with Gasteiger partial charge in [0.25, 0.3) is 0 Å². The van der Waals surface area contributed by atoms with Crippen LogP contribution in [0.1, 0.15) is 11.4 Å². The Kier molecular flexibility index (Phi) is 4.62. The summed E-state index contributed by atoms with van der Waals surface area (Å²) in [6.45, 7) is 1.86. The molecule has 1 heterocycles. The molecule has 0 aliphatic rings. The first-order valence-electron chi connectivity index (χ1n) is 5.92. The molecule has 0 unspecified atom stereocenters. The highest BCUT2D eigenvalue weighted by molar-refractivity contribution is 7.98. The van der Waals surface area contributed by atoms with Gasteiger partial charge in [0.2, 0.25) is 5.16 Å². The van der Waals surface area contributed by atoms with Crippen molar-refractivity contribution in [3.05, 3.63) is 29.6 Å². The third kappa shape index (κ3) is 2.93. The molecule has 7 heteroatoms. The van der Waals surface area contributed by atoms with Crippen molar-refractivity contribution in [2.24, 2.45) is 5.10 Å². The van der Waals surface area contributed by atoms with Crippen LogP contribution in [0.15, 0.2) is 28.5 Å². The monoisotopic (exact) mass is 292 g/mol. The topological polar surface area (TPSA) is 61.5 Å². The van der Waals surface area contributed by atoms with Gasteiger partial charge in [0.05, 0.1) is 20.4 Å². The van der Waals surface area contributed by atoms with Crippen LogP contribution in [0.2, 0.25) is 0 Å². The summed E-state index contributed by atoms with van der Waals surface area (Å²) in [7, 11) is 3.21. The number of hydrogen-bond acceptors (Lipinski definition) is 6. The van der Waals surface area contributed by atoms with Gasteiger partial charge in [-0.15, -0.1) is 10.2 Å². The lowest BCUT2D eigenvalue weighted by Gasteiger charge is -2.07. The van der Waals surface area contributed by atoms with E-state index < -0.39 is 0 Å². The molecule has 2 aromatic rings. The zero-order valence-electron chi connectivity index (χ0n) is 11.8. The van der Waals surface area contributed by atoms with E-state index in [1.54, 1.807) is 25.1 Å². The minimum Gasteiger partial charge on any atom is -0.493 e. The number of nitrogens with zero attached hydrogens (tertiary/aromatic N) is 4. The number of benzene rings is 1. The van der Waals surface area contributed by atoms with Crippen LogP contribution >= 0.6 is 11.8 Å². The number of thioether (sulfide) groups is 1. The van der Waals surface area contributed by atoms with E-state index in [4.69, 9.17) is 9.47 Å². The van der Waals surface area contributed by atoms with Gasteiger partial charge in [0.1, 0.15) is 0 Å². The smallest absolute Gasteiger partial charge is 0.211 e. The zero-order chi connectivity index (χ0) is 14.5. The van der Waals surface area contributed by atoms with Crippen LogP contribution in [0.5, 0.6) is 11.5 Å². The van der Waals surface area contributed by atoms with Crippen LogP contribution in [0.4, 0.5) is 0 Å². The summed E-state index contributed by atoms with van der Waals surface area (Å²) in [5.74, 6) is 2.10. The molecule has 106 valence electrons. The molecular formula is C13H16N4O2S. The maximum atomic E-state index is 5.26. The Morgan fingerprint density at radius 1 is 1.20 bits per heavy atom. The zero-order valence-corrected chi connectivity index (χ0v) is 12.6. The largest absolute Gasteiger partial charge is 0.493 e. The molecule has 0 saturated carbocycles. The Labute approximate surface area is 121 Å². The number of aryl methyl sites for hydroxylation is 1. The van der Waals surface area contributed by atoms with Gasteiger partial charge in [-0.2, -0.15) is 9.78 Å². The number of methoxy groups -OCH3 is 2. The van der Waals surface area contributed by atoms with E-state index in [-0.39, 0.29) is 0 Å². The van der Waals surface area contributed by atoms with Crippen LogP contribution in [-0.2, 0) is 0 Å². The van der Waals surface area contributed by atoms with Crippen molar-refractivity contribution in [1.29, 1.82) is 0 Å². The van der Waals surface area contributed by atoms with Crippen molar-refractivity contribution >= 4 is 18.0 Å². The van der Waals surface area contributed by atoms with Gasteiger partial charge in [-0.05, 0) is 36.9 Å². The Morgan fingerprint density at radius 3 is 2.60 bits per heavy atom. The van der Waals surface area contributed by atoms with Crippen molar-refractivity contribution in [3.8, 4) is 11.5 Å². The van der Waals surface area contributed by atoms with Gasteiger partial charge in [-0.1, -0.05) is 11.8 Å². The van der Waals surface area contributed by atoms with Gasteiger partial charge in [0.15, 0.2) is 17.3 Å². The van der Waals surface area contributed by atoms with Crippen LogP contribution < -0.4 is 9.47 Å². The first-order chi connectivity index (χ1) is 9.69. The first-order valence-corrected chi connectivity index (χ1v) is 7.14. The summed E-state index contributed by atoms with van der Waals surface area (Å²) in [4.78, 5) is 0. The summed E-state index contributed by atoms with van der Waals surface area (Å²) in [5, 5.41) is 13.2. The minimum atomic E-state index is 0.669. The molecule has 0 saturated heterocycles. The van der Waals surface area contributed by atoms with Crippen LogP contribution in [0.3, 0.4) is 0 Å². The lowest BCUT2D eigenvalue weighted by molar-refractivity contribution is 0.355. The fourth-order valence-corrected chi connectivity index (χ4v) is 2.13. The van der Waals surface area contributed by atoms with Gasteiger partial charge in [-0.25, -0.2) is 0 Å². The van der Waals surface area contributed by atoms with E-state index in [2.05, 4.69) is 15.3 Å². The lowest BCUT2D eigenvalue weighted by Crippen LogP contribution is -1.96. The molecule has 0 aliphatic carbocycles. The van der Waals surface area contributed by atoms with Crippen molar-refractivity contribution in [3.63, 3.8) is 0 Å². The molecule has 1 aromatic carbocycles. The number of rotatable bonds is 5. The molecule has 0 radical (unpaired) electrons. The van der Waals surface area contributed by atoms with E-state index in [0.29, 0.717) is 11.5 Å². The molecule has 20 heavy (non-hydrogen) atoms. The first kappa shape index (κ1) is 14.4. The summed E-state index contributed by atoms with van der Waals surface area (Å²) >= 11 is 1.50. The summed E-state index contributed by atoms with van der Waals surface area (Å²) in [5.41, 5.74) is 0.905. The highest BCUT2D eigenvalue weighted by atomic mass is 32.2. The summed E-state index contributed by atoms with van der Waals surface area (Å²) < 4.78 is 12.2. The summed E-state index contributed by atoms with van der Waals surface area (Å²) in [6, 6.07) is 5.61. The maximum absolute atomic E-state index is 5.26. The van der Waals surface area contributed by atoms with E-state index in [1.165, 1.54) is 11.8 Å². The Morgan fingerprint density at radius 2 is 1.95 bits per heavy atom. The molecule has 0 N–H and O–H groups in total. The van der Waals surface area contributed by atoms with E-state index in [1.807, 2.05) is 31.4 Å². The van der Waals surface area contributed by atoms with Crippen molar-refractivity contribution in [1.82, 2.24) is 14.9 Å². The average Bonchev–Trinajstić information content (AvgIpc) is 2.85. The molecule has 0 atom stereocenters. The third-order valence-corrected chi connectivity index (χ3v) is 3.30. The molecular weight excluding hydrogens is 276 g/mol. The highest BCUT2D eigenvalue weighted by Gasteiger charge is 2.06. The van der Waals surface area contributed by atoms with Gasteiger partial charge in [-0.3, -0.25) is 0 Å². The minimum absolute atomic E-state index is 0.669. The predicted molar refractivity (Wildman–Crippen MR) is 79.1 cm³/mol. The van der Waals surface area contributed by atoms with Crippen molar-refractivity contribution in [2.75, 3.05) is 20.5 Å². The Balaban J connectivity index is 2.29. The molecule has 0 aliphatic heterocycles. The number of ether oxygens (including phenoxy) is 2. The number of hydrogen-bond donors (Lipinski definition) is 0. The summed E-state index contributed by atoms with van der Waals surface area (Å²) in [6.07, 6.45) is 3.67. The van der Waals surface area contributed by atoms with Crippen molar-refractivity contribution in [2.45, 2.75) is 12.1 Å². The second kappa shape index (κ2) is 6.42. The van der Waals surface area contributed by atoms with Gasteiger partial charge < -0.3 is 9.47 Å². The second-order valence-electron chi connectivity index (χ2n) is 3.90.